The van der Waals surface area contributed by atoms with Crippen LogP contribution in [0.5, 0.6) is 5.75 Å². The van der Waals surface area contributed by atoms with E-state index in [1.165, 1.54) is 11.1 Å². The fraction of sp³-hybridized carbons (Fsp3) is 0.600. The first-order valence-corrected chi connectivity index (χ1v) is 15.1. The second-order valence-electron chi connectivity index (χ2n) is 12.6. The van der Waals surface area contributed by atoms with Gasteiger partial charge in [0.05, 0.1) is 11.7 Å². The van der Waals surface area contributed by atoms with Crippen molar-refractivity contribution in [2.75, 3.05) is 0 Å². The number of aromatic nitrogens is 2. The minimum absolute atomic E-state index is 0. The maximum atomic E-state index is 13.7. The molecule has 0 radical (unpaired) electrons. The van der Waals surface area contributed by atoms with Gasteiger partial charge in [-0.2, -0.15) is 0 Å². The molecule has 5 heteroatoms. The highest BCUT2D eigenvalue weighted by molar-refractivity contribution is 5.76. The molecule has 0 bridgehead atoms. The molecule has 0 fully saturated rings. The molecule has 4 unspecified atom stereocenters. The van der Waals surface area contributed by atoms with Gasteiger partial charge < -0.3 is 14.4 Å². The number of phenols is 1. The van der Waals surface area contributed by atoms with Crippen molar-refractivity contribution in [2.45, 2.75) is 154 Å². The molecule has 258 valence electrons. The van der Waals surface area contributed by atoms with Gasteiger partial charge in [0.25, 0.3) is 0 Å². The van der Waals surface area contributed by atoms with Crippen LogP contribution in [0.15, 0.2) is 73.3 Å². The second kappa shape index (κ2) is 21.6. The van der Waals surface area contributed by atoms with Gasteiger partial charge in [-0.05, 0) is 114 Å². The number of imidazole rings is 1. The van der Waals surface area contributed by atoms with Gasteiger partial charge in [0.1, 0.15) is 11.4 Å². The summed E-state index contributed by atoms with van der Waals surface area (Å²) in [7, 11) is 0. The van der Waals surface area contributed by atoms with E-state index >= 15 is 0 Å². The average molecular weight is 627 g/mol. The van der Waals surface area contributed by atoms with Crippen LogP contribution in [0.2, 0.25) is 0 Å². The van der Waals surface area contributed by atoms with Crippen LogP contribution in [0.1, 0.15) is 159 Å². The summed E-state index contributed by atoms with van der Waals surface area (Å²) in [4.78, 5) is 17.9. The number of esters is 1. The minimum atomic E-state index is -0.574. The molecule has 3 aromatic rings. The largest absolute Gasteiger partial charge is 0.508 e. The van der Waals surface area contributed by atoms with E-state index in [0.717, 1.165) is 51.4 Å². The second-order valence-corrected chi connectivity index (χ2v) is 12.6. The van der Waals surface area contributed by atoms with Gasteiger partial charge >= 0.3 is 5.97 Å². The monoisotopic (exact) mass is 627 g/mol. The lowest BCUT2D eigenvalue weighted by Gasteiger charge is -2.34. The highest BCUT2D eigenvalue weighted by Gasteiger charge is 2.38. The first-order chi connectivity index (χ1) is 19.0. The quantitative estimate of drug-likeness (QED) is 0.170. The van der Waals surface area contributed by atoms with E-state index in [1.54, 1.807) is 12.1 Å². The summed E-state index contributed by atoms with van der Waals surface area (Å²) in [6.07, 6.45) is 13.2. The number of carbonyl (C=O) groups is 1. The molecule has 0 saturated carbocycles. The normalized spacial score (nSPS) is 13.9. The number of phenolic OH excluding ortho intramolecular Hbond substituents is 1. The predicted molar refractivity (Wildman–Crippen MR) is 197 cm³/mol. The Labute approximate surface area is 278 Å². The number of rotatable bonds is 15. The third-order valence-corrected chi connectivity index (χ3v) is 8.38. The zero-order valence-electron chi connectivity index (χ0n) is 25.5. The SMILES string of the molecule is C.C.C.C.C.CCC(CCC(CCC(C)(CCC(CC)n1ccnc1)C(=O)OC(C)(C)C)c1ccccc1)c1ccc(O)cc1. The van der Waals surface area contributed by atoms with Crippen molar-refractivity contribution < 1.29 is 14.6 Å². The minimum Gasteiger partial charge on any atom is -0.508 e. The molecule has 45 heavy (non-hydrogen) atoms. The van der Waals surface area contributed by atoms with E-state index in [9.17, 15) is 9.90 Å². The lowest BCUT2D eigenvalue weighted by atomic mass is 9.75. The topological polar surface area (TPSA) is 64.4 Å². The van der Waals surface area contributed by atoms with Gasteiger partial charge in [-0.3, -0.25) is 4.79 Å². The van der Waals surface area contributed by atoms with Gasteiger partial charge in [0.15, 0.2) is 0 Å². The Balaban J connectivity index is -0.00000353. The van der Waals surface area contributed by atoms with Gasteiger partial charge in [-0.25, -0.2) is 4.98 Å². The average Bonchev–Trinajstić information content (AvgIpc) is 3.46. The molecule has 4 atom stereocenters. The highest BCUT2D eigenvalue weighted by Crippen LogP contribution is 2.40. The van der Waals surface area contributed by atoms with Crippen LogP contribution in [0, 0.1) is 5.41 Å². The van der Waals surface area contributed by atoms with E-state index in [-0.39, 0.29) is 43.1 Å². The van der Waals surface area contributed by atoms with E-state index in [4.69, 9.17) is 4.74 Å². The number of benzene rings is 2. The van der Waals surface area contributed by atoms with Gasteiger partial charge in [-0.15, -0.1) is 0 Å². The molecular weight excluding hydrogens is 556 g/mol. The van der Waals surface area contributed by atoms with Crippen LogP contribution in [-0.4, -0.2) is 26.2 Å². The van der Waals surface area contributed by atoms with Gasteiger partial charge in [0, 0.05) is 18.4 Å². The summed E-state index contributed by atoms with van der Waals surface area (Å²) < 4.78 is 8.17. The van der Waals surface area contributed by atoms with Crippen molar-refractivity contribution in [1.82, 2.24) is 9.55 Å². The number of hydrogen-bond donors (Lipinski definition) is 1. The van der Waals surface area contributed by atoms with Crippen LogP contribution in [0.25, 0.3) is 0 Å². The summed E-state index contributed by atoms with van der Waals surface area (Å²) in [5.41, 5.74) is 1.51. The summed E-state index contributed by atoms with van der Waals surface area (Å²) >= 11 is 0. The zero-order valence-corrected chi connectivity index (χ0v) is 25.5. The molecule has 0 amide bonds. The van der Waals surface area contributed by atoms with Crippen molar-refractivity contribution in [2.24, 2.45) is 5.41 Å². The molecule has 0 aliphatic carbocycles. The van der Waals surface area contributed by atoms with Crippen molar-refractivity contribution in [3.8, 4) is 5.75 Å². The van der Waals surface area contributed by atoms with E-state index in [0.29, 0.717) is 23.6 Å². The summed E-state index contributed by atoms with van der Waals surface area (Å²) in [5.74, 6) is 0.998. The highest BCUT2D eigenvalue weighted by atomic mass is 16.6. The molecule has 0 aliphatic heterocycles. The third kappa shape index (κ3) is 14.3. The molecular formula is C40H70N2O3. The van der Waals surface area contributed by atoms with Crippen molar-refractivity contribution in [3.05, 3.63) is 84.4 Å². The van der Waals surface area contributed by atoms with Crippen LogP contribution in [0.3, 0.4) is 0 Å². The Morgan fingerprint density at radius 1 is 0.778 bits per heavy atom. The smallest absolute Gasteiger partial charge is 0.312 e. The number of carbonyl (C=O) groups excluding carboxylic acids is 1. The maximum absolute atomic E-state index is 13.7. The van der Waals surface area contributed by atoms with Crippen LogP contribution in [0.4, 0.5) is 0 Å². The summed E-state index contributed by atoms with van der Waals surface area (Å²) in [6.45, 7) is 12.4. The molecule has 1 heterocycles. The lowest BCUT2D eigenvalue weighted by molar-refractivity contribution is -0.168. The molecule has 0 saturated heterocycles. The Hall–Kier alpha value is -3.08. The molecule has 2 aromatic carbocycles. The van der Waals surface area contributed by atoms with Gasteiger partial charge in [-0.1, -0.05) is 93.4 Å². The van der Waals surface area contributed by atoms with Crippen molar-refractivity contribution in [3.63, 3.8) is 0 Å². The zero-order chi connectivity index (χ0) is 29.2. The molecule has 3 rings (SSSR count). The molecule has 0 spiro atoms. The lowest BCUT2D eigenvalue weighted by Crippen LogP contribution is -2.36. The molecule has 1 aromatic heterocycles. The fourth-order valence-corrected chi connectivity index (χ4v) is 5.72. The number of hydrogen-bond acceptors (Lipinski definition) is 4. The third-order valence-electron chi connectivity index (χ3n) is 8.38. The summed E-state index contributed by atoms with van der Waals surface area (Å²) in [5, 5.41) is 9.74. The Kier molecular flexibility index (Phi) is 22.3. The molecule has 1 N–H and O–H groups in total. The Bertz CT molecular complexity index is 1140. The first-order valence-electron chi connectivity index (χ1n) is 15.1. The van der Waals surface area contributed by atoms with Crippen molar-refractivity contribution in [1.29, 1.82) is 0 Å². The van der Waals surface area contributed by atoms with Crippen LogP contribution < -0.4 is 0 Å². The molecule has 0 aliphatic rings. The van der Waals surface area contributed by atoms with E-state index < -0.39 is 11.0 Å². The molecule has 5 nitrogen and oxygen atoms in total. The van der Waals surface area contributed by atoms with E-state index in [2.05, 4.69) is 60.7 Å². The van der Waals surface area contributed by atoms with Crippen LogP contribution in [-0.2, 0) is 9.53 Å². The van der Waals surface area contributed by atoms with E-state index in [1.807, 2.05) is 51.6 Å². The number of ether oxygens (including phenoxy) is 1. The Morgan fingerprint density at radius 2 is 1.33 bits per heavy atom. The standard InChI is InChI=1S/C35H50N2O3.5CH4/c1-7-27(29-16-18-32(38)19-17-29)14-15-30(28-12-10-9-11-13-28)20-22-35(6,33(39)40-34(3,4)5)23-21-31(8-2)37-25-24-36-26-37;;;;;/h9-13,16-19,24-27,30-31,38H,7-8,14-15,20-23H2,1-6H3;5*1H4. The maximum Gasteiger partial charge on any atom is 0.312 e. The Morgan fingerprint density at radius 3 is 1.84 bits per heavy atom. The van der Waals surface area contributed by atoms with Gasteiger partial charge in [0.2, 0.25) is 0 Å². The van der Waals surface area contributed by atoms with Crippen LogP contribution >= 0.6 is 0 Å². The number of nitrogens with zero attached hydrogens (tertiary/aromatic N) is 2. The predicted octanol–water partition coefficient (Wildman–Crippen LogP) is 12.4. The van der Waals surface area contributed by atoms with Crippen molar-refractivity contribution >= 4 is 5.97 Å². The first kappa shape index (κ1) is 46.3. The summed E-state index contributed by atoms with van der Waals surface area (Å²) in [6, 6.07) is 18.7. The number of aromatic hydroxyl groups is 1. The fourth-order valence-electron chi connectivity index (χ4n) is 5.72.